The lowest BCUT2D eigenvalue weighted by atomic mass is 9.59. The van der Waals surface area contributed by atoms with Crippen LogP contribution in [0.15, 0.2) is 0 Å². The number of aliphatic hydroxyl groups excluding tert-OH is 1. The van der Waals surface area contributed by atoms with Crippen molar-refractivity contribution in [2.75, 3.05) is 6.54 Å². The molecule has 0 aromatic rings. The number of hydrogen-bond acceptors (Lipinski definition) is 2. The minimum Gasteiger partial charge on any atom is -0.393 e. The standard InChI is InChI=1S/C24H47NO/c1-18(2)10-7-11-19(3)12-8-13-20(4)25-17-9-16-24(6)21(5)22(26)14-15-23(24)25/h18-23,26H,7-17H2,1-6H3/t19?,20?,21-,22+,23?,24?/m0/s1. The van der Waals surface area contributed by atoms with Crippen molar-refractivity contribution in [2.45, 2.75) is 124 Å². The fraction of sp³-hybridized carbons (Fsp3) is 1.00. The third-order valence-electron chi connectivity index (χ3n) is 8.01. The third-order valence-corrected chi connectivity index (χ3v) is 8.01. The van der Waals surface area contributed by atoms with Gasteiger partial charge in [-0.2, -0.15) is 0 Å². The van der Waals surface area contributed by atoms with Gasteiger partial charge in [0.2, 0.25) is 0 Å². The SMILES string of the molecule is CC(C)CCCC(C)CCCC(C)N1CCCC2(C)C1CC[C@@H](O)[C@@H]2C. The lowest BCUT2D eigenvalue weighted by molar-refractivity contribution is -0.106. The van der Waals surface area contributed by atoms with Crippen molar-refractivity contribution in [2.24, 2.45) is 23.2 Å². The van der Waals surface area contributed by atoms with Gasteiger partial charge < -0.3 is 5.11 Å². The molecule has 1 saturated carbocycles. The van der Waals surface area contributed by atoms with Crippen LogP contribution in [-0.2, 0) is 0 Å². The maximum absolute atomic E-state index is 10.4. The number of fused-ring (bicyclic) bond motifs is 1. The quantitative estimate of drug-likeness (QED) is 0.520. The highest BCUT2D eigenvalue weighted by atomic mass is 16.3. The van der Waals surface area contributed by atoms with Crippen LogP contribution in [0.3, 0.4) is 0 Å². The Kier molecular flexibility index (Phi) is 8.47. The van der Waals surface area contributed by atoms with E-state index < -0.39 is 0 Å². The Morgan fingerprint density at radius 3 is 2.31 bits per heavy atom. The largest absolute Gasteiger partial charge is 0.393 e. The van der Waals surface area contributed by atoms with E-state index >= 15 is 0 Å². The summed E-state index contributed by atoms with van der Waals surface area (Å²) in [7, 11) is 0. The first-order valence-electron chi connectivity index (χ1n) is 11.7. The van der Waals surface area contributed by atoms with Crippen molar-refractivity contribution >= 4 is 0 Å². The zero-order valence-electron chi connectivity index (χ0n) is 18.6. The summed E-state index contributed by atoms with van der Waals surface area (Å²) >= 11 is 0. The van der Waals surface area contributed by atoms with Crippen molar-refractivity contribution in [3.63, 3.8) is 0 Å². The molecule has 0 radical (unpaired) electrons. The molecule has 1 heterocycles. The Bertz CT molecular complexity index is 409. The van der Waals surface area contributed by atoms with E-state index in [1.807, 2.05) is 0 Å². The van der Waals surface area contributed by atoms with E-state index in [0.29, 0.717) is 23.4 Å². The van der Waals surface area contributed by atoms with Crippen molar-refractivity contribution in [3.05, 3.63) is 0 Å². The van der Waals surface area contributed by atoms with Crippen molar-refractivity contribution < 1.29 is 5.11 Å². The molecule has 1 aliphatic heterocycles. The first-order chi connectivity index (χ1) is 12.3. The minimum absolute atomic E-state index is 0.0850. The van der Waals surface area contributed by atoms with Gasteiger partial charge in [0.15, 0.2) is 0 Å². The molecule has 0 spiro atoms. The van der Waals surface area contributed by atoms with Gasteiger partial charge in [0.05, 0.1) is 6.10 Å². The number of piperidine rings is 1. The number of rotatable bonds is 9. The van der Waals surface area contributed by atoms with E-state index in [1.165, 1.54) is 64.3 Å². The molecule has 0 bridgehead atoms. The molecular weight excluding hydrogens is 318 g/mol. The van der Waals surface area contributed by atoms with E-state index in [4.69, 9.17) is 0 Å². The molecule has 1 N–H and O–H groups in total. The molecule has 0 amide bonds. The normalized spacial score (nSPS) is 35.3. The van der Waals surface area contributed by atoms with Crippen LogP contribution in [0.25, 0.3) is 0 Å². The van der Waals surface area contributed by atoms with Gasteiger partial charge in [-0.15, -0.1) is 0 Å². The summed E-state index contributed by atoms with van der Waals surface area (Å²) in [4.78, 5) is 2.83. The van der Waals surface area contributed by atoms with Crippen molar-refractivity contribution in [3.8, 4) is 0 Å². The van der Waals surface area contributed by atoms with Gasteiger partial charge in [-0.1, -0.05) is 66.7 Å². The smallest absolute Gasteiger partial charge is 0.0572 e. The highest BCUT2D eigenvalue weighted by Crippen LogP contribution is 2.49. The molecule has 0 aromatic carbocycles. The van der Waals surface area contributed by atoms with Crippen molar-refractivity contribution in [1.82, 2.24) is 4.90 Å². The highest BCUT2D eigenvalue weighted by Gasteiger charge is 2.50. The third kappa shape index (κ3) is 5.47. The molecule has 2 fully saturated rings. The molecule has 1 aliphatic carbocycles. The molecule has 0 aromatic heterocycles. The number of nitrogens with zero attached hydrogens (tertiary/aromatic N) is 1. The first kappa shape index (κ1) is 22.2. The summed E-state index contributed by atoms with van der Waals surface area (Å²) in [6, 6.07) is 1.39. The van der Waals surface area contributed by atoms with Gasteiger partial charge in [-0.25, -0.2) is 0 Å². The van der Waals surface area contributed by atoms with Crippen LogP contribution in [0.2, 0.25) is 0 Å². The predicted molar refractivity (Wildman–Crippen MR) is 113 cm³/mol. The van der Waals surface area contributed by atoms with Gasteiger partial charge in [-0.3, -0.25) is 4.90 Å². The molecule has 2 aliphatic rings. The van der Waals surface area contributed by atoms with Gasteiger partial charge in [0.25, 0.3) is 0 Å². The predicted octanol–water partition coefficient (Wildman–Crippen LogP) is 6.27. The number of hydrogen-bond donors (Lipinski definition) is 1. The second-order valence-corrected chi connectivity index (χ2v) is 10.5. The second-order valence-electron chi connectivity index (χ2n) is 10.5. The topological polar surface area (TPSA) is 23.5 Å². The lowest BCUT2D eigenvalue weighted by Gasteiger charge is -2.57. The molecule has 26 heavy (non-hydrogen) atoms. The van der Waals surface area contributed by atoms with Gasteiger partial charge in [0, 0.05) is 12.1 Å². The molecule has 1 saturated heterocycles. The molecule has 6 atom stereocenters. The summed E-state index contributed by atoms with van der Waals surface area (Å²) < 4.78 is 0. The Morgan fingerprint density at radius 2 is 1.65 bits per heavy atom. The van der Waals surface area contributed by atoms with Gasteiger partial charge >= 0.3 is 0 Å². The molecule has 154 valence electrons. The highest BCUT2D eigenvalue weighted by molar-refractivity contribution is 5.02. The van der Waals surface area contributed by atoms with Crippen LogP contribution in [0.4, 0.5) is 0 Å². The fourth-order valence-electron chi connectivity index (χ4n) is 5.86. The molecule has 4 unspecified atom stereocenters. The summed E-state index contributed by atoms with van der Waals surface area (Å²) in [5, 5.41) is 10.4. The van der Waals surface area contributed by atoms with E-state index in [9.17, 15) is 5.11 Å². The fourth-order valence-corrected chi connectivity index (χ4v) is 5.86. The van der Waals surface area contributed by atoms with Crippen LogP contribution >= 0.6 is 0 Å². The summed E-state index contributed by atoms with van der Waals surface area (Å²) in [5.41, 5.74) is 0.314. The molecular formula is C24H47NO. The van der Waals surface area contributed by atoms with Gasteiger partial charge in [0.1, 0.15) is 0 Å². The average Bonchev–Trinajstić information content (AvgIpc) is 2.58. The van der Waals surface area contributed by atoms with Crippen LogP contribution in [0, 0.1) is 23.2 Å². The maximum Gasteiger partial charge on any atom is 0.0572 e. The van der Waals surface area contributed by atoms with Crippen LogP contribution in [0.5, 0.6) is 0 Å². The number of likely N-dealkylation sites (tertiary alicyclic amines) is 1. The summed E-state index contributed by atoms with van der Waals surface area (Å²) in [5.74, 6) is 2.18. The van der Waals surface area contributed by atoms with Crippen LogP contribution < -0.4 is 0 Å². The molecule has 2 heteroatoms. The van der Waals surface area contributed by atoms with E-state index in [0.717, 1.165) is 18.3 Å². The Hall–Kier alpha value is -0.0800. The lowest BCUT2D eigenvalue weighted by Crippen LogP contribution is -2.60. The maximum atomic E-state index is 10.4. The van der Waals surface area contributed by atoms with Crippen molar-refractivity contribution in [1.29, 1.82) is 0 Å². The monoisotopic (exact) mass is 365 g/mol. The van der Waals surface area contributed by atoms with E-state index in [-0.39, 0.29) is 6.10 Å². The first-order valence-corrected chi connectivity index (χ1v) is 11.7. The summed E-state index contributed by atoms with van der Waals surface area (Å²) in [6.07, 6.45) is 13.0. The molecule has 2 nitrogen and oxygen atoms in total. The second kappa shape index (κ2) is 9.92. The van der Waals surface area contributed by atoms with E-state index in [1.54, 1.807) is 0 Å². The zero-order chi connectivity index (χ0) is 19.3. The zero-order valence-corrected chi connectivity index (χ0v) is 18.6. The van der Waals surface area contributed by atoms with Crippen LogP contribution in [-0.4, -0.2) is 34.7 Å². The number of aliphatic hydroxyl groups is 1. The average molecular weight is 366 g/mol. The van der Waals surface area contributed by atoms with E-state index in [2.05, 4.69) is 46.4 Å². The minimum atomic E-state index is -0.0850. The van der Waals surface area contributed by atoms with Gasteiger partial charge in [-0.05, 0) is 68.7 Å². The Labute approximate surface area is 164 Å². The summed E-state index contributed by atoms with van der Waals surface area (Å²) in [6.45, 7) is 15.6. The van der Waals surface area contributed by atoms with Crippen LogP contribution in [0.1, 0.15) is 106 Å². The Balaban J connectivity index is 1.79. The Morgan fingerprint density at radius 1 is 1.00 bits per heavy atom. The molecule has 2 rings (SSSR count).